The van der Waals surface area contributed by atoms with Crippen molar-refractivity contribution in [2.24, 2.45) is 5.73 Å². The smallest absolute Gasteiger partial charge is 0.233 e. The molecule has 2 aliphatic rings. The van der Waals surface area contributed by atoms with Crippen molar-refractivity contribution in [2.75, 3.05) is 5.32 Å². The molecule has 106 valence electrons. The minimum absolute atomic E-state index is 0.192. The first-order chi connectivity index (χ1) is 9.40. The van der Waals surface area contributed by atoms with E-state index in [0.29, 0.717) is 18.0 Å². The third-order valence-electron chi connectivity index (χ3n) is 3.48. The van der Waals surface area contributed by atoms with Crippen LogP contribution in [0.1, 0.15) is 31.5 Å². The molecule has 3 atom stereocenters. The van der Waals surface area contributed by atoms with Crippen LogP contribution >= 0.6 is 0 Å². The fraction of sp³-hybridized carbons (Fsp3) is 0.462. The Balaban J connectivity index is 2.01. The number of amides is 1. The summed E-state index contributed by atoms with van der Waals surface area (Å²) < 4.78 is 5.75. The molecule has 0 saturated heterocycles. The van der Waals surface area contributed by atoms with E-state index in [2.05, 4.69) is 15.3 Å². The van der Waals surface area contributed by atoms with Gasteiger partial charge in [0.15, 0.2) is 0 Å². The molecule has 7 heteroatoms. The summed E-state index contributed by atoms with van der Waals surface area (Å²) in [5.74, 6) is 0.311. The standard InChI is InChI=1S/C13H16N4O3/c1-6(18)5-9-13(14)4-3-8-10(13)11(20-9)17-12(16-8)15-7(2)19/h3-4,6,9,18H,5,14H2,1-2H3,(H,15,16,17,19)/t6?,9-,13?/m0/s1. The largest absolute Gasteiger partial charge is 0.471 e. The molecule has 0 fully saturated rings. The number of hydrogen-bond donors (Lipinski definition) is 3. The first kappa shape index (κ1) is 13.0. The number of hydrogen-bond acceptors (Lipinski definition) is 6. The second-order valence-electron chi connectivity index (χ2n) is 5.25. The quantitative estimate of drug-likeness (QED) is 0.724. The van der Waals surface area contributed by atoms with Crippen LogP contribution in [0.4, 0.5) is 5.95 Å². The molecule has 7 nitrogen and oxygen atoms in total. The van der Waals surface area contributed by atoms with Crippen molar-refractivity contribution in [3.8, 4) is 5.88 Å². The monoisotopic (exact) mass is 276 g/mol. The summed E-state index contributed by atoms with van der Waals surface area (Å²) in [7, 11) is 0. The molecule has 4 N–H and O–H groups in total. The van der Waals surface area contributed by atoms with Crippen molar-refractivity contribution in [1.29, 1.82) is 0 Å². The average Bonchev–Trinajstić information content (AvgIpc) is 2.78. The molecule has 0 radical (unpaired) electrons. The Kier molecular flexibility index (Phi) is 2.77. The van der Waals surface area contributed by atoms with Crippen molar-refractivity contribution in [1.82, 2.24) is 9.97 Å². The number of nitrogens with zero attached hydrogens (tertiary/aromatic N) is 2. The molecular formula is C13H16N4O3. The molecule has 0 bridgehead atoms. The summed E-state index contributed by atoms with van der Waals surface area (Å²) >= 11 is 0. The maximum absolute atomic E-state index is 11.1. The van der Waals surface area contributed by atoms with Gasteiger partial charge in [0, 0.05) is 13.3 Å². The summed E-state index contributed by atoms with van der Waals surface area (Å²) in [6.45, 7) is 3.07. The normalized spacial score (nSPS) is 27.1. The van der Waals surface area contributed by atoms with Crippen LogP contribution in [0.25, 0.3) is 6.08 Å². The van der Waals surface area contributed by atoms with Crippen molar-refractivity contribution >= 4 is 17.9 Å². The number of aromatic nitrogens is 2. The number of aliphatic hydroxyl groups is 1. The van der Waals surface area contributed by atoms with E-state index in [0.717, 1.165) is 5.56 Å². The molecule has 1 aromatic heterocycles. The van der Waals surface area contributed by atoms with E-state index in [1.165, 1.54) is 6.92 Å². The summed E-state index contributed by atoms with van der Waals surface area (Å²) in [5, 5.41) is 12.1. The molecule has 0 aromatic carbocycles. The summed E-state index contributed by atoms with van der Waals surface area (Å²) in [6.07, 6.45) is 3.08. The SMILES string of the molecule is CC(=O)Nc1nc2c3c(n1)O[C@@H](CC(C)O)C3(N)C=C2. The molecule has 2 unspecified atom stereocenters. The molecular weight excluding hydrogens is 260 g/mol. The highest BCUT2D eigenvalue weighted by molar-refractivity contribution is 5.87. The van der Waals surface area contributed by atoms with Gasteiger partial charge in [-0.2, -0.15) is 4.98 Å². The van der Waals surface area contributed by atoms with Gasteiger partial charge in [0.25, 0.3) is 0 Å². The Morgan fingerprint density at radius 2 is 2.40 bits per heavy atom. The predicted octanol–water partition coefficient (Wildman–Crippen LogP) is 0.148. The minimum Gasteiger partial charge on any atom is -0.471 e. The lowest BCUT2D eigenvalue weighted by molar-refractivity contribution is -0.114. The maximum Gasteiger partial charge on any atom is 0.233 e. The van der Waals surface area contributed by atoms with Crippen LogP contribution in [0.15, 0.2) is 6.08 Å². The number of aliphatic hydroxyl groups excluding tert-OH is 1. The fourth-order valence-electron chi connectivity index (χ4n) is 2.64. The van der Waals surface area contributed by atoms with E-state index >= 15 is 0 Å². The molecule has 20 heavy (non-hydrogen) atoms. The van der Waals surface area contributed by atoms with Gasteiger partial charge in [-0.25, -0.2) is 4.98 Å². The zero-order chi connectivity index (χ0) is 14.5. The summed E-state index contributed by atoms with van der Waals surface area (Å²) in [4.78, 5) is 19.5. The Morgan fingerprint density at radius 1 is 1.65 bits per heavy atom. The van der Waals surface area contributed by atoms with Crippen molar-refractivity contribution in [2.45, 2.75) is 38.0 Å². The third kappa shape index (κ3) is 1.86. The van der Waals surface area contributed by atoms with Crippen LogP contribution < -0.4 is 15.8 Å². The highest BCUT2D eigenvalue weighted by Crippen LogP contribution is 2.47. The van der Waals surface area contributed by atoms with Gasteiger partial charge in [-0.1, -0.05) is 6.08 Å². The van der Waals surface area contributed by atoms with E-state index in [1.807, 2.05) is 6.08 Å². The van der Waals surface area contributed by atoms with Crippen LogP contribution in [0.2, 0.25) is 0 Å². The van der Waals surface area contributed by atoms with Crippen LogP contribution in [-0.4, -0.2) is 33.2 Å². The highest BCUT2D eigenvalue weighted by atomic mass is 16.5. The number of nitrogens with one attached hydrogen (secondary N) is 1. The molecule has 2 heterocycles. The number of anilines is 1. The molecule has 1 aliphatic carbocycles. The Labute approximate surface area is 115 Å². The minimum atomic E-state index is -0.809. The van der Waals surface area contributed by atoms with Crippen LogP contribution in [0.3, 0.4) is 0 Å². The predicted molar refractivity (Wildman–Crippen MR) is 71.9 cm³/mol. The summed E-state index contributed by atoms with van der Waals surface area (Å²) in [5.41, 5.74) is 6.93. The zero-order valence-electron chi connectivity index (χ0n) is 11.3. The van der Waals surface area contributed by atoms with Gasteiger partial charge in [-0.3, -0.25) is 10.1 Å². The van der Waals surface area contributed by atoms with Crippen molar-refractivity contribution in [3.05, 3.63) is 17.3 Å². The van der Waals surface area contributed by atoms with Gasteiger partial charge in [0.1, 0.15) is 11.6 Å². The van der Waals surface area contributed by atoms with Crippen molar-refractivity contribution < 1.29 is 14.6 Å². The topological polar surface area (TPSA) is 110 Å². The lowest BCUT2D eigenvalue weighted by atomic mass is 9.88. The Bertz CT molecular complexity index is 614. The second-order valence-corrected chi connectivity index (χ2v) is 5.25. The van der Waals surface area contributed by atoms with E-state index in [-0.39, 0.29) is 11.9 Å². The lowest BCUT2D eigenvalue weighted by Crippen LogP contribution is -2.45. The average molecular weight is 276 g/mol. The second kappa shape index (κ2) is 4.26. The highest BCUT2D eigenvalue weighted by Gasteiger charge is 2.50. The number of carbonyl (C=O) groups excluding carboxylic acids is 1. The Hall–Kier alpha value is -1.99. The van der Waals surface area contributed by atoms with Crippen LogP contribution in [-0.2, 0) is 10.3 Å². The van der Waals surface area contributed by atoms with Crippen LogP contribution in [0.5, 0.6) is 5.88 Å². The van der Waals surface area contributed by atoms with E-state index in [9.17, 15) is 9.90 Å². The molecule has 3 rings (SSSR count). The first-order valence-corrected chi connectivity index (χ1v) is 6.43. The zero-order valence-corrected chi connectivity index (χ0v) is 11.3. The lowest BCUT2D eigenvalue weighted by Gasteiger charge is -2.25. The van der Waals surface area contributed by atoms with Crippen LogP contribution in [0, 0.1) is 0 Å². The van der Waals surface area contributed by atoms with Gasteiger partial charge in [-0.15, -0.1) is 0 Å². The fourth-order valence-corrected chi connectivity index (χ4v) is 2.64. The maximum atomic E-state index is 11.1. The van der Waals surface area contributed by atoms with Crippen molar-refractivity contribution in [3.63, 3.8) is 0 Å². The Morgan fingerprint density at radius 3 is 3.05 bits per heavy atom. The molecule has 1 aliphatic heterocycles. The molecule has 0 spiro atoms. The van der Waals surface area contributed by atoms with Gasteiger partial charge in [0.2, 0.25) is 17.7 Å². The molecule has 1 aromatic rings. The van der Waals surface area contributed by atoms with Gasteiger partial charge < -0.3 is 15.6 Å². The van der Waals surface area contributed by atoms with E-state index in [1.54, 1.807) is 13.0 Å². The number of ether oxygens (including phenoxy) is 1. The van der Waals surface area contributed by atoms with Gasteiger partial charge >= 0.3 is 0 Å². The van der Waals surface area contributed by atoms with Gasteiger partial charge in [0.05, 0.1) is 17.4 Å². The third-order valence-corrected chi connectivity index (χ3v) is 3.48. The van der Waals surface area contributed by atoms with E-state index < -0.39 is 17.7 Å². The van der Waals surface area contributed by atoms with Gasteiger partial charge in [-0.05, 0) is 13.0 Å². The van der Waals surface area contributed by atoms with E-state index in [4.69, 9.17) is 10.5 Å². The number of nitrogens with two attached hydrogens (primary N) is 1. The number of carbonyl (C=O) groups is 1. The number of rotatable bonds is 3. The first-order valence-electron chi connectivity index (χ1n) is 6.43. The molecule has 0 saturated carbocycles. The molecule has 1 amide bonds. The summed E-state index contributed by atoms with van der Waals surface area (Å²) in [6, 6.07) is 0.